The third-order valence-electron chi connectivity index (χ3n) is 3.77. The molecule has 0 amide bonds. The quantitative estimate of drug-likeness (QED) is 0.725. The second-order valence-corrected chi connectivity index (χ2v) is 5.01. The molecule has 2 heterocycles. The van der Waals surface area contributed by atoms with Crippen LogP contribution in [0.5, 0.6) is 0 Å². The predicted molar refractivity (Wildman–Crippen MR) is 80.5 cm³/mol. The molecule has 0 aliphatic carbocycles. The number of nitrogens with zero attached hydrogens (tertiary/aromatic N) is 2. The van der Waals surface area contributed by atoms with Gasteiger partial charge in [-0.25, -0.2) is 0 Å². The number of benzene rings is 1. The lowest BCUT2D eigenvalue weighted by Gasteiger charge is -2.03. The van der Waals surface area contributed by atoms with Gasteiger partial charge in [-0.05, 0) is 44.1 Å². The Kier molecular flexibility index (Phi) is 3.22. The number of aromatic nitrogens is 2. The SMILES string of the molecule is CNCCCc1ccc2c3cnccc3n(C)c2c1. The van der Waals surface area contributed by atoms with Crippen LogP contribution in [-0.2, 0) is 13.5 Å². The van der Waals surface area contributed by atoms with Crippen molar-refractivity contribution >= 4 is 21.8 Å². The van der Waals surface area contributed by atoms with Crippen molar-refractivity contribution in [1.82, 2.24) is 14.9 Å². The molecule has 0 aliphatic heterocycles. The van der Waals surface area contributed by atoms with Crippen molar-refractivity contribution in [3.8, 4) is 0 Å². The fraction of sp³-hybridized carbons (Fsp3) is 0.312. The standard InChI is InChI=1S/C16H19N3/c1-17-8-3-4-12-5-6-13-14-11-18-9-7-15(14)19(2)16(13)10-12/h5-7,9-11,17H,3-4,8H2,1-2H3. The summed E-state index contributed by atoms with van der Waals surface area (Å²) in [4.78, 5) is 4.24. The molecular weight excluding hydrogens is 234 g/mol. The first-order valence-corrected chi connectivity index (χ1v) is 6.77. The highest BCUT2D eigenvalue weighted by molar-refractivity contribution is 6.07. The Morgan fingerprint density at radius 2 is 2.05 bits per heavy atom. The molecular formula is C16H19N3. The molecule has 0 saturated heterocycles. The van der Waals surface area contributed by atoms with E-state index in [1.807, 2.05) is 19.4 Å². The van der Waals surface area contributed by atoms with Crippen molar-refractivity contribution in [2.24, 2.45) is 7.05 Å². The Morgan fingerprint density at radius 1 is 1.16 bits per heavy atom. The van der Waals surface area contributed by atoms with Crippen molar-refractivity contribution in [3.63, 3.8) is 0 Å². The second kappa shape index (κ2) is 5.02. The first kappa shape index (κ1) is 12.2. The van der Waals surface area contributed by atoms with Crippen molar-refractivity contribution in [3.05, 3.63) is 42.2 Å². The van der Waals surface area contributed by atoms with E-state index in [4.69, 9.17) is 0 Å². The number of fused-ring (bicyclic) bond motifs is 3. The largest absolute Gasteiger partial charge is 0.344 e. The fourth-order valence-corrected chi connectivity index (χ4v) is 2.72. The third-order valence-corrected chi connectivity index (χ3v) is 3.77. The molecule has 2 aromatic heterocycles. The molecule has 3 nitrogen and oxygen atoms in total. The van der Waals surface area contributed by atoms with Gasteiger partial charge in [0, 0.05) is 35.7 Å². The molecule has 0 unspecified atom stereocenters. The predicted octanol–water partition coefficient (Wildman–Crippen LogP) is 2.88. The maximum absolute atomic E-state index is 4.24. The summed E-state index contributed by atoms with van der Waals surface area (Å²) in [7, 11) is 4.13. The van der Waals surface area contributed by atoms with Crippen LogP contribution in [0.4, 0.5) is 0 Å². The van der Waals surface area contributed by atoms with E-state index < -0.39 is 0 Å². The molecule has 0 saturated carbocycles. The molecule has 0 aliphatic rings. The topological polar surface area (TPSA) is 29.9 Å². The van der Waals surface area contributed by atoms with Gasteiger partial charge in [0.2, 0.25) is 0 Å². The molecule has 0 fully saturated rings. The Bertz CT molecular complexity index is 712. The zero-order chi connectivity index (χ0) is 13.2. The van der Waals surface area contributed by atoms with E-state index in [0.29, 0.717) is 0 Å². The molecule has 0 radical (unpaired) electrons. The van der Waals surface area contributed by atoms with Crippen LogP contribution in [0.3, 0.4) is 0 Å². The molecule has 0 atom stereocenters. The number of hydrogen-bond acceptors (Lipinski definition) is 2. The highest BCUT2D eigenvalue weighted by Gasteiger charge is 2.08. The van der Waals surface area contributed by atoms with Crippen molar-refractivity contribution in [1.29, 1.82) is 0 Å². The van der Waals surface area contributed by atoms with Crippen molar-refractivity contribution < 1.29 is 0 Å². The lowest BCUT2D eigenvalue weighted by molar-refractivity contribution is 0.725. The molecule has 0 bridgehead atoms. The molecule has 3 aromatic rings. The van der Waals surface area contributed by atoms with Crippen LogP contribution < -0.4 is 5.32 Å². The maximum Gasteiger partial charge on any atom is 0.0519 e. The number of nitrogens with one attached hydrogen (secondary N) is 1. The van der Waals surface area contributed by atoms with Gasteiger partial charge in [-0.15, -0.1) is 0 Å². The summed E-state index contributed by atoms with van der Waals surface area (Å²) in [6.45, 7) is 1.07. The van der Waals surface area contributed by atoms with Gasteiger partial charge in [-0.2, -0.15) is 0 Å². The maximum atomic E-state index is 4.24. The van der Waals surface area contributed by atoms with E-state index in [1.165, 1.54) is 33.8 Å². The molecule has 3 heteroatoms. The zero-order valence-electron chi connectivity index (χ0n) is 11.5. The van der Waals surface area contributed by atoms with Gasteiger partial charge in [-0.3, -0.25) is 4.98 Å². The van der Waals surface area contributed by atoms with Gasteiger partial charge in [0.05, 0.1) is 5.52 Å². The van der Waals surface area contributed by atoms with E-state index in [-0.39, 0.29) is 0 Å². The molecule has 1 N–H and O–H groups in total. The van der Waals surface area contributed by atoms with Gasteiger partial charge in [0.1, 0.15) is 0 Å². The second-order valence-electron chi connectivity index (χ2n) is 5.01. The Balaban J connectivity index is 2.07. The molecule has 0 spiro atoms. The smallest absolute Gasteiger partial charge is 0.0519 e. The Morgan fingerprint density at radius 3 is 2.89 bits per heavy atom. The average molecular weight is 253 g/mol. The van der Waals surface area contributed by atoms with Crippen LogP contribution in [0.15, 0.2) is 36.7 Å². The fourth-order valence-electron chi connectivity index (χ4n) is 2.72. The summed E-state index contributed by atoms with van der Waals surface area (Å²) >= 11 is 0. The molecule has 3 rings (SSSR count). The van der Waals surface area contributed by atoms with Crippen LogP contribution in [0.1, 0.15) is 12.0 Å². The van der Waals surface area contributed by atoms with E-state index in [0.717, 1.165) is 13.0 Å². The number of aryl methyl sites for hydroxylation is 2. The van der Waals surface area contributed by atoms with Crippen molar-refractivity contribution in [2.45, 2.75) is 12.8 Å². The minimum absolute atomic E-state index is 1.07. The zero-order valence-corrected chi connectivity index (χ0v) is 11.5. The average Bonchev–Trinajstić information content (AvgIpc) is 2.73. The van der Waals surface area contributed by atoms with E-state index in [1.54, 1.807) is 0 Å². The molecule has 1 aromatic carbocycles. The molecule has 19 heavy (non-hydrogen) atoms. The summed E-state index contributed by atoms with van der Waals surface area (Å²) in [5.41, 5.74) is 3.95. The summed E-state index contributed by atoms with van der Waals surface area (Å²) in [5.74, 6) is 0. The number of rotatable bonds is 4. The van der Waals surface area contributed by atoms with Gasteiger partial charge >= 0.3 is 0 Å². The highest BCUT2D eigenvalue weighted by Crippen LogP contribution is 2.28. The first-order chi connectivity index (χ1) is 9.31. The number of pyridine rings is 1. The Labute approximate surface area is 113 Å². The van der Waals surface area contributed by atoms with Crippen LogP contribution in [0.2, 0.25) is 0 Å². The van der Waals surface area contributed by atoms with E-state index in [2.05, 4.69) is 46.2 Å². The van der Waals surface area contributed by atoms with Gasteiger partial charge in [0.15, 0.2) is 0 Å². The summed E-state index contributed by atoms with van der Waals surface area (Å²) in [5, 5.41) is 5.73. The lowest BCUT2D eigenvalue weighted by Crippen LogP contribution is -2.08. The van der Waals surface area contributed by atoms with Crippen LogP contribution in [0.25, 0.3) is 21.8 Å². The van der Waals surface area contributed by atoms with E-state index >= 15 is 0 Å². The summed E-state index contributed by atoms with van der Waals surface area (Å²) in [6.07, 6.45) is 6.11. The number of hydrogen-bond donors (Lipinski definition) is 1. The first-order valence-electron chi connectivity index (χ1n) is 6.77. The summed E-state index contributed by atoms with van der Waals surface area (Å²) < 4.78 is 2.26. The van der Waals surface area contributed by atoms with Crippen LogP contribution in [-0.4, -0.2) is 23.1 Å². The summed E-state index contributed by atoms with van der Waals surface area (Å²) in [6, 6.07) is 8.86. The molecule has 98 valence electrons. The van der Waals surface area contributed by atoms with Gasteiger partial charge in [0.25, 0.3) is 0 Å². The van der Waals surface area contributed by atoms with Crippen molar-refractivity contribution in [2.75, 3.05) is 13.6 Å². The van der Waals surface area contributed by atoms with E-state index in [9.17, 15) is 0 Å². The van der Waals surface area contributed by atoms with Gasteiger partial charge in [-0.1, -0.05) is 12.1 Å². The monoisotopic (exact) mass is 253 g/mol. The van der Waals surface area contributed by atoms with Gasteiger partial charge < -0.3 is 9.88 Å². The Hall–Kier alpha value is -1.87. The van der Waals surface area contributed by atoms with Crippen LogP contribution >= 0.6 is 0 Å². The van der Waals surface area contributed by atoms with Crippen LogP contribution in [0, 0.1) is 0 Å². The normalized spacial score (nSPS) is 11.5. The lowest BCUT2D eigenvalue weighted by atomic mass is 10.1. The third kappa shape index (κ3) is 2.10. The minimum atomic E-state index is 1.07. The highest BCUT2D eigenvalue weighted by atomic mass is 14.9. The minimum Gasteiger partial charge on any atom is -0.344 e.